The molecule has 4 N–H and O–H groups in total. The second kappa shape index (κ2) is 7.31. The van der Waals surface area contributed by atoms with E-state index in [-0.39, 0.29) is 5.91 Å². The first kappa shape index (κ1) is 17.4. The van der Waals surface area contributed by atoms with Crippen molar-refractivity contribution in [3.8, 4) is 0 Å². The predicted octanol–water partition coefficient (Wildman–Crippen LogP) is 2.27. The van der Waals surface area contributed by atoms with Crippen LogP contribution in [-0.4, -0.2) is 30.2 Å². The van der Waals surface area contributed by atoms with E-state index in [1.54, 1.807) is 47.4 Å². The van der Waals surface area contributed by atoms with Gasteiger partial charge in [0.15, 0.2) is 5.65 Å². The number of aryl methyl sites for hydroxylation is 1. The Kier molecular flexibility index (Phi) is 4.55. The minimum Gasteiger partial charge on any atom is -0.382 e. The summed E-state index contributed by atoms with van der Waals surface area (Å²) >= 11 is 0. The average Bonchev–Trinajstić information content (AvgIpc) is 3.07. The Morgan fingerprint density at radius 2 is 2.07 bits per heavy atom. The van der Waals surface area contributed by atoms with Crippen molar-refractivity contribution in [3.63, 3.8) is 0 Å². The number of pyridine rings is 2. The quantitative estimate of drug-likeness (QED) is 0.489. The van der Waals surface area contributed by atoms with Gasteiger partial charge in [0.2, 0.25) is 0 Å². The molecule has 0 saturated carbocycles. The van der Waals surface area contributed by atoms with E-state index in [9.17, 15) is 4.79 Å². The molecule has 9 heteroatoms. The van der Waals surface area contributed by atoms with Gasteiger partial charge in [0.25, 0.3) is 5.91 Å². The highest BCUT2D eigenvalue weighted by Gasteiger charge is 2.10. The third-order valence-electron chi connectivity index (χ3n) is 4.07. The van der Waals surface area contributed by atoms with E-state index < -0.39 is 0 Å². The maximum absolute atomic E-state index is 12.5. The highest BCUT2D eigenvalue weighted by molar-refractivity contribution is 6.02. The molecule has 0 unspecified atom stereocenters. The predicted molar refractivity (Wildman–Crippen MR) is 106 cm³/mol. The van der Waals surface area contributed by atoms with Crippen LogP contribution in [0.1, 0.15) is 21.9 Å². The first-order valence-corrected chi connectivity index (χ1v) is 8.60. The SMILES string of the molecule is Cc1cn2cc(C(=O)Nc3ccnc(CNc4cccnc4N)c3)ncc2n1. The molecule has 0 aliphatic heterocycles. The molecule has 0 atom stereocenters. The van der Waals surface area contributed by atoms with Gasteiger partial charge >= 0.3 is 0 Å². The summed E-state index contributed by atoms with van der Waals surface area (Å²) in [5.41, 5.74) is 9.77. The van der Waals surface area contributed by atoms with Gasteiger partial charge in [-0.05, 0) is 31.2 Å². The Morgan fingerprint density at radius 3 is 2.93 bits per heavy atom. The summed E-state index contributed by atoms with van der Waals surface area (Å²) in [5.74, 6) is 0.109. The van der Waals surface area contributed by atoms with Gasteiger partial charge in [-0.2, -0.15) is 0 Å². The number of hydrogen-bond acceptors (Lipinski definition) is 7. The number of nitrogens with zero attached hydrogens (tertiary/aromatic N) is 5. The van der Waals surface area contributed by atoms with Crippen molar-refractivity contribution >= 4 is 28.7 Å². The minimum absolute atomic E-state index is 0.296. The van der Waals surface area contributed by atoms with Crippen LogP contribution in [0.5, 0.6) is 0 Å². The van der Waals surface area contributed by atoms with E-state index in [0.29, 0.717) is 29.4 Å². The Balaban J connectivity index is 1.46. The van der Waals surface area contributed by atoms with E-state index >= 15 is 0 Å². The van der Waals surface area contributed by atoms with Crippen molar-refractivity contribution in [1.82, 2.24) is 24.3 Å². The molecular formula is C19H18N8O. The molecule has 0 bridgehead atoms. The van der Waals surface area contributed by atoms with Gasteiger partial charge in [-0.3, -0.25) is 9.78 Å². The fraction of sp³-hybridized carbons (Fsp3) is 0.105. The van der Waals surface area contributed by atoms with Gasteiger partial charge in [0, 0.05) is 30.5 Å². The summed E-state index contributed by atoms with van der Waals surface area (Å²) in [7, 11) is 0. The standard InChI is InChI=1S/C19H18N8O/c1-12-10-27-11-16(24-9-17(27)25-12)19(28)26-13-4-6-21-14(7-13)8-23-15-3-2-5-22-18(15)20/h2-7,9-11,23H,8H2,1H3,(H2,20,22)(H,21,26,28). The highest BCUT2D eigenvalue weighted by Crippen LogP contribution is 2.16. The van der Waals surface area contributed by atoms with Gasteiger partial charge in [-0.25, -0.2) is 15.0 Å². The number of aromatic nitrogens is 5. The number of nitrogens with two attached hydrogens (primary N) is 1. The van der Waals surface area contributed by atoms with Crippen LogP contribution in [0, 0.1) is 6.92 Å². The van der Waals surface area contributed by atoms with Crippen molar-refractivity contribution in [1.29, 1.82) is 0 Å². The van der Waals surface area contributed by atoms with Crippen molar-refractivity contribution in [2.24, 2.45) is 0 Å². The normalized spacial score (nSPS) is 10.8. The van der Waals surface area contributed by atoms with Crippen LogP contribution >= 0.6 is 0 Å². The molecule has 140 valence electrons. The highest BCUT2D eigenvalue weighted by atomic mass is 16.1. The third-order valence-corrected chi connectivity index (χ3v) is 4.07. The molecule has 0 spiro atoms. The van der Waals surface area contributed by atoms with Crippen LogP contribution in [0.2, 0.25) is 0 Å². The van der Waals surface area contributed by atoms with Gasteiger partial charge in [0.05, 0.1) is 29.8 Å². The van der Waals surface area contributed by atoms with Crippen LogP contribution in [0.25, 0.3) is 5.65 Å². The van der Waals surface area contributed by atoms with E-state index in [0.717, 1.165) is 17.1 Å². The molecule has 28 heavy (non-hydrogen) atoms. The van der Waals surface area contributed by atoms with E-state index in [4.69, 9.17) is 5.73 Å². The number of hydrogen-bond donors (Lipinski definition) is 3. The van der Waals surface area contributed by atoms with Crippen LogP contribution < -0.4 is 16.4 Å². The number of rotatable bonds is 5. The van der Waals surface area contributed by atoms with Crippen molar-refractivity contribution in [2.45, 2.75) is 13.5 Å². The number of imidazole rings is 1. The second-order valence-corrected chi connectivity index (χ2v) is 6.20. The van der Waals surface area contributed by atoms with Crippen molar-refractivity contribution in [2.75, 3.05) is 16.4 Å². The maximum Gasteiger partial charge on any atom is 0.275 e. The van der Waals surface area contributed by atoms with Crippen LogP contribution in [0.15, 0.2) is 55.2 Å². The zero-order chi connectivity index (χ0) is 19.5. The summed E-state index contributed by atoms with van der Waals surface area (Å²) in [4.78, 5) is 29.3. The Morgan fingerprint density at radius 1 is 1.18 bits per heavy atom. The Bertz CT molecular complexity index is 1150. The largest absolute Gasteiger partial charge is 0.382 e. The van der Waals surface area contributed by atoms with Crippen LogP contribution in [-0.2, 0) is 6.54 Å². The Labute approximate surface area is 160 Å². The number of carbonyl (C=O) groups is 1. The van der Waals surface area contributed by atoms with Crippen molar-refractivity contribution < 1.29 is 4.79 Å². The molecular weight excluding hydrogens is 356 g/mol. The van der Waals surface area contributed by atoms with E-state index in [1.807, 2.05) is 19.2 Å². The van der Waals surface area contributed by atoms with Gasteiger partial charge in [-0.15, -0.1) is 0 Å². The lowest BCUT2D eigenvalue weighted by Crippen LogP contribution is -2.15. The Hall–Kier alpha value is -4.01. The molecule has 0 aromatic carbocycles. The first-order valence-electron chi connectivity index (χ1n) is 8.60. The fourth-order valence-electron chi connectivity index (χ4n) is 2.74. The minimum atomic E-state index is -0.310. The molecule has 4 heterocycles. The van der Waals surface area contributed by atoms with Gasteiger partial charge in [-0.1, -0.05) is 0 Å². The topological polar surface area (TPSA) is 123 Å². The lowest BCUT2D eigenvalue weighted by molar-refractivity contribution is 0.102. The van der Waals surface area contributed by atoms with Crippen LogP contribution in [0.4, 0.5) is 17.2 Å². The number of nitrogens with one attached hydrogen (secondary N) is 2. The summed E-state index contributed by atoms with van der Waals surface area (Å²) in [6.07, 6.45) is 8.33. The second-order valence-electron chi connectivity index (χ2n) is 6.20. The zero-order valence-electron chi connectivity index (χ0n) is 15.1. The van der Waals surface area contributed by atoms with Crippen LogP contribution in [0.3, 0.4) is 0 Å². The summed E-state index contributed by atoms with van der Waals surface area (Å²) in [6.45, 7) is 2.33. The molecule has 0 radical (unpaired) electrons. The molecule has 9 nitrogen and oxygen atoms in total. The zero-order valence-corrected chi connectivity index (χ0v) is 15.1. The maximum atomic E-state index is 12.5. The third kappa shape index (κ3) is 3.73. The first-order chi connectivity index (χ1) is 13.6. The van der Waals surface area contributed by atoms with E-state index in [1.165, 1.54) is 0 Å². The summed E-state index contributed by atoms with van der Waals surface area (Å²) in [6, 6.07) is 7.15. The summed E-state index contributed by atoms with van der Waals surface area (Å²) in [5, 5.41) is 6.02. The number of anilines is 3. The molecule has 0 fully saturated rings. The van der Waals surface area contributed by atoms with E-state index in [2.05, 4.69) is 30.6 Å². The molecule has 0 aliphatic carbocycles. The van der Waals surface area contributed by atoms with Crippen molar-refractivity contribution in [3.05, 3.63) is 72.3 Å². The fourth-order valence-corrected chi connectivity index (χ4v) is 2.74. The average molecular weight is 374 g/mol. The number of nitrogen functional groups attached to an aromatic ring is 1. The number of amides is 1. The lowest BCUT2D eigenvalue weighted by Gasteiger charge is -2.09. The molecule has 0 aliphatic rings. The number of fused-ring (bicyclic) bond motifs is 1. The monoisotopic (exact) mass is 374 g/mol. The smallest absolute Gasteiger partial charge is 0.275 e. The molecule has 4 aromatic rings. The van der Waals surface area contributed by atoms with Gasteiger partial charge < -0.3 is 20.8 Å². The summed E-state index contributed by atoms with van der Waals surface area (Å²) < 4.78 is 1.78. The van der Waals surface area contributed by atoms with Gasteiger partial charge in [0.1, 0.15) is 11.5 Å². The number of carbonyl (C=O) groups excluding carboxylic acids is 1. The molecule has 4 rings (SSSR count). The lowest BCUT2D eigenvalue weighted by atomic mass is 10.3. The molecule has 0 saturated heterocycles. The molecule has 1 amide bonds. The molecule has 4 aromatic heterocycles.